The first kappa shape index (κ1) is 14.1. The number of thiazole rings is 1. The lowest BCUT2D eigenvalue weighted by Gasteiger charge is -2.09. The zero-order valence-electron chi connectivity index (χ0n) is 10.6. The molecule has 108 valence electrons. The summed E-state index contributed by atoms with van der Waals surface area (Å²) in [6.45, 7) is 1.37. The molecular formula is C12H8Cl2N4O2S. The Morgan fingerprint density at radius 1 is 1.24 bits per heavy atom. The molecule has 1 aromatic carbocycles. The van der Waals surface area contributed by atoms with Crippen molar-refractivity contribution in [3.63, 3.8) is 0 Å². The van der Waals surface area contributed by atoms with Gasteiger partial charge in [-0.25, -0.2) is 4.98 Å². The molecule has 0 unspecified atom stereocenters. The lowest BCUT2D eigenvalue weighted by atomic mass is 10.2. The van der Waals surface area contributed by atoms with Crippen LogP contribution in [0.25, 0.3) is 0 Å². The van der Waals surface area contributed by atoms with Crippen LogP contribution in [0.2, 0.25) is 10.0 Å². The van der Waals surface area contributed by atoms with Gasteiger partial charge in [0.15, 0.2) is 10.8 Å². The molecule has 6 nitrogen and oxygen atoms in total. The fourth-order valence-electron chi connectivity index (χ4n) is 1.82. The molecule has 0 atom stereocenters. The van der Waals surface area contributed by atoms with Crippen LogP contribution in [0.15, 0.2) is 12.1 Å². The SMILES string of the molecule is CC(=O)Nc1nc2c(s1)Nc1cc(Cl)c(Cl)cc1NC2=O. The molecular weight excluding hydrogens is 335 g/mol. The summed E-state index contributed by atoms with van der Waals surface area (Å²) in [5.74, 6) is -0.642. The standard InChI is InChI=1S/C12H8Cl2N4O2S/c1-4(19)15-12-18-9-10(20)16-7-2-5(13)6(14)3-8(7)17-11(9)21-12/h2-3,17H,1H3,(H,16,20)(H,15,18,19). The zero-order valence-corrected chi connectivity index (χ0v) is 12.9. The van der Waals surface area contributed by atoms with Crippen LogP contribution in [0.1, 0.15) is 17.4 Å². The number of halogens is 2. The van der Waals surface area contributed by atoms with E-state index in [0.29, 0.717) is 31.6 Å². The lowest BCUT2D eigenvalue weighted by molar-refractivity contribution is -0.114. The van der Waals surface area contributed by atoms with Crippen LogP contribution in [0.4, 0.5) is 21.5 Å². The number of carbonyl (C=O) groups is 2. The second-order valence-corrected chi connectivity index (χ2v) is 6.08. The van der Waals surface area contributed by atoms with Gasteiger partial charge >= 0.3 is 0 Å². The Morgan fingerprint density at radius 2 is 1.86 bits per heavy atom. The third-order valence-electron chi connectivity index (χ3n) is 2.68. The van der Waals surface area contributed by atoms with Crippen molar-refractivity contribution in [1.82, 2.24) is 4.98 Å². The summed E-state index contributed by atoms with van der Waals surface area (Å²) in [5, 5.41) is 9.90. The highest BCUT2D eigenvalue weighted by atomic mass is 35.5. The first-order chi connectivity index (χ1) is 9.94. The number of carbonyl (C=O) groups excluding carboxylic acids is 2. The molecule has 0 fully saturated rings. The molecule has 2 amide bonds. The molecule has 0 aliphatic carbocycles. The van der Waals surface area contributed by atoms with E-state index in [9.17, 15) is 9.59 Å². The van der Waals surface area contributed by atoms with E-state index in [0.717, 1.165) is 11.3 Å². The van der Waals surface area contributed by atoms with E-state index in [1.165, 1.54) is 6.92 Å². The summed E-state index contributed by atoms with van der Waals surface area (Å²) in [6, 6.07) is 3.18. The van der Waals surface area contributed by atoms with Crippen molar-refractivity contribution in [2.45, 2.75) is 6.92 Å². The Labute approximate surface area is 133 Å². The number of benzene rings is 1. The maximum Gasteiger partial charge on any atom is 0.277 e. The highest BCUT2D eigenvalue weighted by molar-refractivity contribution is 7.20. The number of hydrogen-bond acceptors (Lipinski definition) is 5. The number of nitrogens with one attached hydrogen (secondary N) is 3. The second-order valence-electron chi connectivity index (χ2n) is 4.27. The van der Waals surface area contributed by atoms with Gasteiger partial charge in [0, 0.05) is 6.92 Å². The van der Waals surface area contributed by atoms with Crippen molar-refractivity contribution >= 4 is 67.9 Å². The minimum absolute atomic E-state index is 0.201. The summed E-state index contributed by atoms with van der Waals surface area (Å²) in [7, 11) is 0. The summed E-state index contributed by atoms with van der Waals surface area (Å²) in [6.07, 6.45) is 0. The Balaban J connectivity index is 2.05. The molecule has 21 heavy (non-hydrogen) atoms. The molecule has 3 rings (SSSR count). The lowest BCUT2D eigenvalue weighted by Crippen LogP contribution is -2.12. The number of anilines is 4. The van der Waals surface area contributed by atoms with Gasteiger partial charge in [0.2, 0.25) is 5.91 Å². The van der Waals surface area contributed by atoms with Crippen molar-refractivity contribution in [3.8, 4) is 0 Å². The third kappa shape index (κ3) is 2.67. The number of fused-ring (bicyclic) bond motifs is 2. The fraction of sp³-hybridized carbons (Fsp3) is 0.0833. The monoisotopic (exact) mass is 342 g/mol. The average molecular weight is 343 g/mol. The van der Waals surface area contributed by atoms with Crippen molar-refractivity contribution in [2.75, 3.05) is 16.0 Å². The van der Waals surface area contributed by atoms with E-state index in [-0.39, 0.29) is 17.5 Å². The van der Waals surface area contributed by atoms with Crippen molar-refractivity contribution in [3.05, 3.63) is 27.9 Å². The number of rotatable bonds is 1. The van der Waals surface area contributed by atoms with E-state index >= 15 is 0 Å². The first-order valence-electron chi connectivity index (χ1n) is 5.80. The van der Waals surface area contributed by atoms with Gasteiger partial charge in [-0.1, -0.05) is 34.5 Å². The maximum absolute atomic E-state index is 12.2. The molecule has 0 radical (unpaired) electrons. The Morgan fingerprint density at radius 3 is 2.48 bits per heavy atom. The van der Waals surface area contributed by atoms with E-state index in [4.69, 9.17) is 23.2 Å². The number of nitrogens with zero attached hydrogens (tertiary/aromatic N) is 1. The van der Waals surface area contributed by atoms with E-state index in [1.807, 2.05) is 0 Å². The smallest absolute Gasteiger partial charge is 0.277 e. The highest BCUT2D eigenvalue weighted by Gasteiger charge is 2.24. The van der Waals surface area contributed by atoms with Crippen LogP contribution in [0.3, 0.4) is 0 Å². The molecule has 1 aliphatic rings. The summed E-state index contributed by atoms with van der Waals surface area (Å²) in [5.41, 5.74) is 1.32. The Kier molecular flexibility index (Phi) is 3.48. The van der Waals surface area contributed by atoms with Crippen molar-refractivity contribution in [2.24, 2.45) is 0 Å². The predicted molar refractivity (Wildman–Crippen MR) is 84.1 cm³/mol. The molecule has 1 aromatic heterocycles. The van der Waals surface area contributed by atoms with E-state index in [1.54, 1.807) is 12.1 Å². The molecule has 1 aliphatic heterocycles. The maximum atomic E-state index is 12.2. The van der Waals surface area contributed by atoms with E-state index < -0.39 is 0 Å². The predicted octanol–water partition coefficient (Wildman–Crippen LogP) is 3.72. The van der Waals surface area contributed by atoms with Gasteiger partial charge in [-0.05, 0) is 12.1 Å². The first-order valence-corrected chi connectivity index (χ1v) is 7.37. The molecule has 0 bridgehead atoms. The van der Waals surface area contributed by atoms with Crippen molar-refractivity contribution < 1.29 is 9.59 Å². The van der Waals surface area contributed by atoms with E-state index in [2.05, 4.69) is 20.9 Å². The number of aromatic nitrogens is 1. The summed E-state index contributed by atoms with van der Waals surface area (Å²) < 4.78 is 0. The van der Waals surface area contributed by atoms with Gasteiger partial charge in [-0.3, -0.25) is 9.59 Å². The molecule has 9 heteroatoms. The van der Waals surface area contributed by atoms with Gasteiger partial charge in [0.05, 0.1) is 21.4 Å². The molecule has 3 N–H and O–H groups in total. The largest absolute Gasteiger partial charge is 0.343 e. The molecule has 0 saturated heterocycles. The van der Waals surface area contributed by atoms with Gasteiger partial charge in [0.25, 0.3) is 5.91 Å². The van der Waals surface area contributed by atoms with Crippen LogP contribution in [-0.4, -0.2) is 16.8 Å². The number of hydrogen-bond donors (Lipinski definition) is 3. The molecule has 0 saturated carbocycles. The molecule has 2 aromatic rings. The normalized spacial score (nSPS) is 12.6. The van der Waals surface area contributed by atoms with Gasteiger partial charge in [-0.2, -0.15) is 0 Å². The van der Waals surface area contributed by atoms with Crippen molar-refractivity contribution in [1.29, 1.82) is 0 Å². The zero-order chi connectivity index (χ0) is 15.1. The summed E-state index contributed by atoms with van der Waals surface area (Å²) >= 11 is 13.1. The Bertz CT molecular complexity index is 775. The van der Waals surface area contributed by atoms with Crippen LogP contribution in [0.5, 0.6) is 0 Å². The van der Waals surface area contributed by atoms with Gasteiger partial charge < -0.3 is 16.0 Å². The third-order valence-corrected chi connectivity index (χ3v) is 4.29. The minimum atomic E-state index is -0.387. The van der Waals surface area contributed by atoms with Gasteiger partial charge in [-0.15, -0.1) is 0 Å². The Hall–Kier alpha value is -1.83. The van der Waals surface area contributed by atoms with Crippen LogP contribution in [0, 0.1) is 0 Å². The van der Waals surface area contributed by atoms with Crippen LogP contribution in [-0.2, 0) is 4.79 Å². The van der Waals surface area contributed by atoms with Gasteiger partial charge in [0.1, 0.15) is 5.00 Å². The fourth-order valence-corrected chi connectivity index (χ4v) is 3.07. The molecule has 2 heterocycles. The minimum Gasteiger partial charge on any atom is -0.343 e. The average Bonchev–Trinajstić information content (AvgIpc) is 2.72. The quantitative estimate of drug-likeness (QED) is 0.737. The molecule has 0 spiro atoms. The topological polar surface area (TPSA) is 83.1 Å². The number of amides is 2. The highest BCUT2D eigenvalue weighted by Crippen LogP contribution is 2.40. The van der Waals surface area contributed by atoms with Crippen LogP contribution < -0.4 is 16.0 Å². The second kappa shape index (κ2) is 5.18. The van der Waals surface area contributed by atoms with Crippen LogP contribution >= 0.6 is 34.5 Å². The summed E-state index contributed by atoms with van der Waals surface area (Å²) in [4.78, 5) is 27.3.